The maximum atomic E-state index is 11.8. The minimum Gasteiger partial charge on any atom is -0.504 e. The van der Waals surface area contributed by atoms with Gasteiger partial charge in [0.05, 0.1) is 19.0 Å². The molecule has 0 bridgehead atoms. The number of benzene rings is 1. The van der Waals surface area contributed by atoms with Gasteiger partial charge in [0.1, 0.15) is 5.52 Å². The first-order valence-corrected chi connectivity index (χ1v) is 8.12. The van der Waals surface area contributed by atoms with Crippen molar-refractivity contribution in [1.82, 2.24) is 20.3 Å². The van der Waals surface area contributed by atoms with Crippen molar-refractivity contribution in [2.45, 2.75) is 6.92 Å². The number of rotatable bonds is 4. The number of anilines is 1. The molecule has 2 heterocycles. The smallest absolute Gasteiger partial charge is 0.314 e. The van der Waals surface area contributed by atoms with Crippen LogP contribution in [0.5, 0.6) is 11.5 Å². The monoisotopic (exact) mass is 367 g/mol. The number of phenols is 1. The molecule has 138 valence electrons. The molecular formula is C18H17N5O4. The fraction of sp³-hybridized carbons (Fsp3) is 0.167. The average Bonchev–Trinajstić information content (AvgIpc) is 2.68. The number of aromatic nitrogens is 3. The molecule has 9 heteroatoms. The Kier molecular flexibility index (Phi) is 5.11. The van der Waals surface area contributed by atoms with Crippen LogP contribution >= 0.6 is 0 Å². The fourth-order valence-corrected chi connectivity index (χ4v) is 2.37. The third-order valence-electron chi connectivity index (χ3n) is 3.67. The number of phenolic OH excluding ortho intramolecular Hbond substituents is 1. The molecule has 3 aromatic rings. The van der Waals surface area contributed by atoms with Gasteiger partial charge in [-0.25, -0.2) is 15.0 Å². The number of carbonyl (C=O) groups excluding carboxylic acids is 2. The predicted octanol–water partition coefficient (Wildman–Crippen LogP) is 1.48. The van der Waals surface area contributed by atoms with Crippen LogP contribution in [0.2, 0.25) is 0 Å². The minimum atomic E-state index is -0.829. The topological polar surface area (TPSA) is 126 Å². The molecule has 2 amide bonds. The Labute approximate surface area is 154 Å². The van der Waals surface area contributed by atoms with Gasteiger partial charge in [0.2, 0.25) is 0 Å². The zero-order chi connectivity index (χ0) is 19.4. The number of nitrogens with zero attached hydrogens (tertiary/aromatic N) is 3. The van der Waals surface area contributed by atoms with Crippen LogP contribution in [0.4, 0.5) is 5.82 Å². The Morgan fingerprint density at radius 2 is 1.96 bits per heavy atom. The Morgan fingerprint density at radius 1 is 1.15 bits per heavy atom. The highest BCUT2D eigenvalue weighted by atomic mass is 16.5. The Hall–Kier alpha value is -3.75. The SMILES string of the molecule is CCNC(=O)C(=O)Nc1cnc2ccc(-c3ccc(O)c(OC)c3)nc2n1. The van der Waals surface area contributed by atoms with Gasteiger partial charge in [-0.05, 0) is 37.3 Å². The van der Waals surface area contributed by atoms with Crippen LogP contribution in [0.25, 0.3) is 22.4 Å². The number of amides is 2. The second-order valence-electron chi connectivity index (χ2n) is 5.49. The quantitative estimate of drug-likeness (QED) is 0.596. The summed E-state index contributed by atoms with van der Waals surface area (Å²) < 4.78 is 5.11. The van der Waals surface area contributed by atoms with E-state index in [1.807, 2.05) is 0 Å². The fourth-order valence-electron chi connectivity index (χ4n) is 2.37. The van der Waals surface area contributed by atoms with E-state index in [4.69, 9.17) is 4.74 Å². The van der Waals surface area contributed by atoms with E-state index in [0.29, 0.717) is 34.7 Å². The lowest BCUT2D eigenvalue weighted by Crippen LogP contribution is -2.35. The lowest BCUT2D eigenvalue weighted by Gasteiger charge is -2.08. The van der Waals surface area contributed by atoms with Crippen molar-refractivity contribution in [3.63, 3.8) is 0 Å². The maximum absolute atomic E-state index is 11.8. The highest BCUT2D eigenvalue weighted by molar-refractivity contribution is 6.39. The maximum Gasteiger partial charge on any atom is 0.314 e. The summed E-state index contributed by atoms with van der Waals surface area (Å²) >= 11 is 0. The van der Waals surface area contributed by atoms with Gasteiger partial charge in [-0.15, -0.1) is 0 Å². The summed E-state index contributed by atoms with van der Waals surface area (Å²) in [6.07, 6.45) is 1.35. The predicted molar refractivity (Wildman–Crippen MR) is 98.3 cm³/mol. The van der Waals surface area contributed by atoms with Crippen LogP contribution in [0.3, 0.4) is 0 Å². The third kappa shape index (κ3) is 3.92. The van der Waals surface area contributed by atoms with Gasteiger partial charge in [0.15, 0.2) is 23.0 Å². The van der Waals surface area contributed by atoms with Crippen molar-refractivity contribution in [2.24, 2.45) is 0 Å². The van der Waals surface area contributed by atoms with Crippen molar-refractivity contribution < 1.29 is 19.4 Å². The number of pyridine rings is 1. The van der Waals surface area contributed by atoms with Crippen LogP contribution in [-0.2, 0) is 9.59 Å². The van der Waals surface area contributed by atoms with Gasteiger partial charge in [-0.1, -0.05) is 0 Å². The Morgan fingerprint density at radius 3 is 2.70 bits per heavy atom. The number of nitrogens with one attached hydrogen (secondary N) is 2. The molecule has 0 saturated carbocycles. The minimum absolute atomic E-state index is 0.0252. The molecule has 1 aromatic carbocycles. The number of hydrogen-bond donors (Lipinski definition) is 3. The zero-order valence-electron chi connectivity index (χ0n) is 14.7. The first kappa shape index (κ1) is 18.1. The van der Waals surface area contributed by atoms with Crippen molar-refractivity contribution >= 4 is 28.8 Å². The third-order valence-corrected chi connectivity index (χ3v) is 3.67. The zero-order valence-corrected chi connectivity index (χ0v) is 14.7. The molecule has 0 spiro atoms. The summed E-state index contributed by atoms with van der Waals surface area (Å²) in [5, 5.41) is 14.5. The molecule has 0 saturated heterocycles. The number of fused-ring (bicyclic) bond motifs is 1. The number of ether oxygens (including phenoxy) is 1. The van der Waals surface area contributed by atoms with E-state index in [1.54, 1.807) is 31.2 Å². The number of likely N-dealkylation sites (N-methyl/N-ethyl adjacent to an activating group) is 1. The van der Waals surface area contributed by atoms with E-state index in [9.17, 15) is 14.7 Å². The van der Waals surface area contributed by atoms with Gasteiger partial charge < -0.3 is 20.5 Å². The molecule has 0 aliphatic carbocycles. The summed E-state index contributed by atoms with van der Waals surface area (Å²) in [7, 11) is 1.46. The van der Waals surface area contributed by atoms with Gasteiger partial charge in [-0.3, -0.25) is 9.59 Å². The second-order valence-corrected chi connectivity index (χ2v) is 5.49. The summed E-state index contributed by atoms with van der Waals surface area (Å²) in [5.74, 6) is -1.12. The standard InChI is InChI=1S/C18H17N5O4/c1-3-19-17(25)18(26)23-15-9-20-12-6-5-11(21-16(12)22-15)10-4-7-13(24)14(8-10)27-2/h4-9,24H,3H2,1-2H3,(H,19,25)(H,21,22,23,26). The van der Waals surface area contributed by atoms with E-state index < -0.39 is 11.8 Å². The van der Waals surface area contributed by atoms with Crippen molar-refractivity contribution in [3.05, 3.63) is 36.5 Å². The molecule has 0 unspecified atom stereocenters. The van der Waals surface area contributed by atoms with Gasteiger partial charge >= 0.3 is 11.8 Å². The van der Waals surface area contributed by atoms with Crippen LogP contribution in [0.1, 0.15) is 6.92 Å². The molecule has 0 radical (unpaired) electrons. The molecule has 3 N–H and O–H groups in total. The molecule has 0 atom stereocenters. The van der Waals surface area contributed by atoms with Gasteiger partial charge in [0, 0.05) is 12.1 Å². The highest BCUT2D eigenvalue weighted by Gasteiger charge is 2.14. The van der Waals surface area contributed by atoms with Crippen molar-refractivity contribution in [2.75, 3.05) is 19.0 Å². The summed E-state index contributed by atoms with van der Waals surface area (Å²) in [6.45, 7) is 2.06. The Balaban J connectivity index is 1.92. The lowest BCUT2D eigenvalue weighted by atomic mass is 10.1. The molecule has 9 nitrogen and oxygen atoms in total. The van der Waals surface area contributed by atoms with Gasteiger partial charge in [-0.2, -0.15) is 0 Å². The van der Waals surface area contributed by atoms with E-state index in [-0.39, 0.29) is 11.6 Å². The van der Waals surface area contributed by atoms with Crippen LogP contribution in [0, 0.1) is 0 Å². The molecule has 3 rings (SSSR count). The van der Waals surface area contributed by atoms with Crippen molar-refractivity contribution in [3.8, 4) is 22.8 Å². The van der Waals surface area contributed by atoms with E-state index in [1.165, 1.54) is 19.4 Å². The first-order chi connectivity index (χ1) is 13.0. The van der Waals surface area contributed by atoms with Crippen LogP contribution in [-0.4, -0.2) is 45.5 Å². The molecule has 0 aliphatic rings. The number of carbonyl (C=O) groups is 2. The Bertz CT molecular complexity index is 1020. The summed E-state index contributed by atoms with van der Waals surface area (Å²) in [5.41, 5.74) is 2.13. The lowest BCUT2D eigenvalue weighted by molar-refractivity contribution is -0.136. The summed E-state index contributed by atoms with van der Waals surface area (Å²) in [4.78, 5) is 36.2. The van der Waals surface area contributed by atoms with Crippen molar-refractivity contribution in [1.29, 1.82) is 0 Å². The highest BCUT2D eigenvalue weighted by Crippen LogP contribution is 2.31. The normalized spacial score (nSPS) is 10.4. The average molecular weight is 367 g/mol. The number of methoxy groups -OCH3 is 1. The second kappa shape index (κ2) is 7.65. The van der Waals surface area contributed by atoms with Crippen LogP contribution in [0.15, 0.2) is 36.5 Å². The molecule has 0 aliphatic heterocycles. The first-order valence-electron chi connectivity index (χ1n) is 8.12. The van der Waals surface area contributed by atoms with E-state index in [0.717, 1.165) is 0 Å². The van der Waals surface area contributed by atoms with E-state index >= 15 is 0 Å². The molecule has 2 aromatic heterocycles. The van der Waals surface area contributed by atoms with Crippen LogP contribution < -0.4 is 15.4 Å². The number of aromatic hydroxyl groups is 1. The number of hydrogen-bond acceptors (Lipinski definition) is 7. The largest absolute Gasteiger partial charge is 0.504 e. The molecule has 0 fully saturated rings. The summed E-state index contributed by atoms with van der Waals surface area (Å²) in [6, 6.07) is 8.35. The van der Waals surface area contributed by atoms with Gasteiger partial charge in [0.25, 0.3) is 0 Å². The molecule has 27 heavy (non-hydrogen) atoms. The molecular weight excluding hydrogens is 350 g/mol. The van der Waals surface area contributed by atoms with E-state index in [2.05, 4.69) is 25.6 Å².